The maximum Gasteiger partial charge on any atom is 0.258 e. The van der Waals surface area contributed by atoms with E-state index in [0.29, 0.717) is 0 Å². The first kappa shape index (κ1) is 17.9. The van der Waals surface area contributed by atoms with E-state index < -0.39 is 0 Å². The summed E-state index contributed by atoms with van der Waals surface area (Å²) >= 11 is 1.66. The van der Waals surface area contributed by atoms with Crippen LogP contribution in [0.4, 0.5) is 11.4 Å². The van der Waals surface area contributed by atoms with Crippen LogP contribution in [-0.4, -0.2) is 23.6 Å². The van der Waals surface area contributed by atoms with Gasteiger partial charge in [0.2, 0.25) is 0 Å². The Bertz CT molecular complexity index is 966. The van der Waals surface area contributed by atoms with Gasteiger partial charge < -0.3 is 14.8 Å². The summed E-state index contributed by atoms with van der Waals surface area (Å²) in [7, 11) is 0. The number of benzene rings is 1. The molecule has 0 bridgehead atoms. The van der Waals surface area contributed by atoms with E-state index in [1.807, 2.05) is 42.1 Å². The van der Waals surface area contributed by atoms with Gasteiger partial charge in [-0.2, -0.15) is 0 Å². The first-order valence-corrected chi connectivity index (χ1v) is 10.3. The second-order valence-electron chi connectivity index (χ2n) is 7.20. The zero-order valence-electron chi connectivity index (χ0n) is 16.1. The number of anilines is 2. The van der Waals surface area contributed by atoms with Crippen LogP contribution in [0.5, 0.6) is 0 Å². The van der Waals surface area contributed by atoms with Gasteiger partial charge in [0.05, 0.1) is 5.56 Å². The molecule has 1 saturated heterocycles. The second-order valence-corrected chi connectivity index (χ2v) is 8.40. The lowest BCUT2D eigenvalue weighted by Crippen LogP contribution is -2.18. The predicted molar refractivity (Wildman–Crippen MR) is 114 cm³/mol. The number of hydrogen-bond acceptors (Lipinski definition) is 3. The van der Waals surface area contributed by atoms with Crippen molar-refractivity contribution >= 4 is 28.6 Å². The van der Waals surface area contributed by atoms with E-state index in [1.54, 1.807) is 11.3 Å². The number of amides is 1. The molecule has 0 atom stereocenters. The molecule has 4 rings (SSSR count). The van der Waals surface area contributed by atoms with Crippen LogP contribution in [0.2, 0.25) is 0 Å². The highest BCUT2D eigenvalue weighted by atomic mass is 32.1. The Morgan fingerprint density at radius 3 is 2.44 bits per heavy atom. The third kappa shape index (κ3) is 3.39. The molecule has 5 heteroatoms. The van der Waals surface area contributed by atoms with Gasteiger partial charge in [-0.1, -0.05) is 0 Å². The van der Waals surface area contributed by atoms with Crippen LogP contribution in [0.25, 0.3) is 5.00 Å². The molecule has 1 aliphatic rings. The summed E-state index contributed by atoms with van der Waals surface area (Å²) in [6.07, 6.45) is 6.49. The minimum atomic E-state index is -0.0439. The number of hydrogen-bond donors (Lipinski definition) is 1. The molecule has 27 heavy (non-hydrogen) atoms. The highest BCUT2D eigenvalue weighted by molar-refractivity contribution is 7.15. The number of carbonyl (C=O) groups is 1. The quantitative estimate of drug-likeness (QED) is 0.666. The lowest BCUT2D eigenvalue weighted by molar-refractivity contribution is 0.102. The third-order valence-corrected chi connectivity index (χ3v) is 6.58. The van der Waals surface area contributed by atoms with E-state index in [-0.39, 0.29) is 5.91 Å². The van der Waals surface area contributed by atoms with Crippen molar-refractivity contribution in [3.05, 3.63) is 64.3 Å². The molecule has 1 fully saturated rings. The van der Waals surface area contributed by atoms with Crippen LogP contribution in [0, 0.1) is 20.8 Å². The molecule has 1 aliphatic heterocycles. The number of rotatable bonds is 4. The number of nitrogens with zero attached hydrogens (tertiary/aromatic N) is 2. The number of nitrogens with one attached hydrogen (secondary N) is 1. The second kappa shape index (κ2) is 7.24. The maximum absolute atomic E-state index is 13.1. The molecule has 0 aliphatic carbocycles. The topological polar surface area (TPSA) is 37.3 Å². The average molecular weight is 380 g/mol. The molecular weight excluding hydrogens is 354 g/mol. The van der Waals surface area contributed by atoms with Crippen LogP contribution in [0.1, 0.15) is 39.2 Å². The molecular formula is C22H25N3OS. The molecule has 0 radical (unpaired) electrons. The number of aryl methyl sites for hydroxylation is 2. The smallest absolute Gasteiger partial charge is 0.258 e. The van der Waals surface area contributed by atoms with Crippen molar-refractivity contribution in [2.24, 2.45) is 0 Å². The van der Waals surface area contributed by atoms with Crippen LogP contribution < -0.4 is 10.2 Å². The highest BCUT2D eigenvalue weighted by Gasteiger charge is 2.21. The first-order chi connectivity index (χ1) is 13.0. The summed E-state index contributed by atoms with van der Waals surface area (Å²) in [6.45, 7) is 8.40. The zero-order chi connectivity index (χ0) is 19.0. The molecule has 140 valence electrons. The number of carbonyl (C=O) groups excluding carboxylic acids is 1. The Morgan fingerprint density at radius 2 is 1.78 bits per heavy atom. The molecule has 0 unspecified atom stereocenters. The summed E-state index contributed by atoms with van der Waals surface area (Å²) in [5, 5.41) is 4.11. The SMILES string of the molecule is Cc1cc(N2CCCC2)ccc1NC(=O)c1c(-n2cccc2)sc(C)c1C. The Balaban J connectivity index is 1.61. The standard InChI is InChI=1S/C22H25N3OS/c1-15-14-18(24-10-4-5-11-24)8-9-19(15)23-21(26)20-16(2)17(3)27-22(20)25-12-6-7-13-25/h6-9,12-14H,4-5,10-11H2,1-3H3,(H,23,26). The molecule has 2 aromatic heterocycles. The summed E-state index contributed by atoms with van der Waals surface area (Å²) in [4.78, 5) is 16.7. The molecule has 3 heterocycles. The van der Waals surface area contributed by atoms with Gasteiger partial charge in [-0.3, -0.25) is 4.79 Å². The summed E-state index contributed by atoms with van der Waals surface area (Å²) < 4.78 is 2.02. The van der Waals surface area contributed by atoms with Gasteiger partial charge in [0.15, 0.2) is 0 Å². The first-order valence-electron chi connectivity index (χ1n) is 9.45. The van der Waals surface area contributed by atoms with Crippen LogP contribution in [-0.2, 0) is 0 Å². The van der Waals surface area contributed by atoms with Crippen molar-refractivity contribution in [2.45, 2.75) is 33.6 Å². The van der Waals surface area contributed by atoms with E-state index in [0.717, 1.165) is 40.5 Å². The van der Waals surface area contributed by atoms with E-state index in [1.165, 1.54) is 23.4 Å². The van der Waals surface area contributed by atoms with Crippen molar-refractivity contribution in [2.75, 3.05) is 23.3 Å². The van der Waals surface area contributed by atoms with Crippen molar-refractivity contribution in [1.82, 2.24) is 4.57 Å². The fourth-order valence-electron chi connectivity index (χ4n) is 3.67. The summed E-state index contributed by atoms with van der Waals surface area (Å²) in [5.41, 5.74) is 5.03. The average Bonchev–Trinajstić information content (AvgIpc) is 3.39. The zero-order valence-corrected chi connectivity index (χ0v) is 16.9. The van der Waals surface area contributed by atoms with Gasteiger partial charge in [0.1, 0.15) is 5.00 Å². The van der Waals surface area contributed by atoms with E-state index >= 15 is 0 Å². The normalized spacial score (nSPS) is 14.0. The van der Waals surface area contributed by atoms with E-state index in [9.17, 15) is 4.79 Å². The van der Waals surface area contributed by atoms with Crippen LogP contribution in [0.3, 0.4) is 0 Å². The largest absolute Gasteiger partial charge is 0.372 e. The van der Waals surface area contributed by atoms with Gasteiger partial charge in [-0.05, 0) is 75.1 Å². The van der Waals surface area contributed by atoms with Crippen molar-refractivity contribution in [3.8, 4) is 5.00 Å². The van der Waals surface area contributed by atoms with Crippen LogP contribution in [0.15, 0.2) is 42.7 Å². The fourth-order valence-corrected chi connectivity index (χ4v) is 4.79. The minimum Gasteiger partial charge on any atom is -0.372 e. The summed E-state index contributed by atoms with van der Waals surface area (Å²) in [5.74, 6) is -0.0439. The van der Waals surface area contributed by atoms with Gasteiger partial charge in [-0.15, -0.1) is 11.3 Å². The fraction of sp³-hybridized carbons (Fsp3) is 0.318. The molecule has 4 nitrogen and oxygen atoms in total. The van der Waals surface area contributed by atoms with Crippen molar-refractivity contribution in [1.29, 1.82) is 0 Å². The van der Waals surface area contributed by atoms with Gasteiger partial charge in [0, 0.05) is 41.7 Å². The highest BCUT2D eigenvalue weighted by Crippen LogP contribution is 2.32. The molecule has 0 saturated carbocycles. The van der Waals surface area contributed by atoms with Crippen LogP contribution >= 0.6 is 11.3 Å². The van der Waals surface area contributed by atoms with Gasteiger partial charge in [-0.25, -0.2) is 0 Å². The number of thiophene rings is 1. The third-order valence-electron chi connectivity index (χ3n) is 5.36. The van der Waals surface area contributed by atoms with Crippen molar-refractivity contribution in [3.63, 3.8) is 0 Å². The van der Waals surface area contributed by atoms with E-state index in [4.69, 9.17) is 0 Å². The number of aromatic nitrogens is 1. The Labute approximate surface area is 164 Å². The Hall–Kier alpha value is -2.53. The lowest BCUT2D eigenvalue weighted by atomic mass is 10.1. The molecule has 3 aromatic rings. The predicted octanol–water partition coefficient (Wildman–Crippen LogP) is 5.32. The molecule has 1 aromatic carbocycles. The Morgan fingerprint density at radius 1 is 1.07 bits per heavy atom. The monoisotopic (exact) mass is 379 g/mol. The minimum absolute atomic E-state index is 0.0439. The van der Waals surface area contributed by atoms with Gasteiger partial charge >= 0.3 is 0 Å². The molecule has 1 N–H and O–H groups in total. The molecule has 0 spiro atoms. The summed E-state index contributed by atoms with van der Waals surface area (Å²) in [6, 6.07) is 10.3. The molecule has 1 amide bonds. The Kier molecular flexibility index (Phi) is 4.79. The maximum atomic E-state index is 13.1. The lowest BCUT2D eigenvalue weighted by Gasteiger charge is -2.19. The van der Waals surface area contributed by atoms with E-state index in [2.05, 4.69) is 36.2 Å². The van der Waals surface area contributed by atoms with Crippen molar-refractivity contribution < 1.29 is 4.79 Å². The van der Waals surface area contributed by atoms with Gasteiger partial charge in [0.25, 0.3) is 5.91 Å².